The van der Waals surface area contributed by atoms with Crippen LogP contribution in [0.1, 0.15) is 32.6 Å². The van der Waals surface area contributed by atoms with Crippen molar-refractivity contribution in [2.24, 2.45) is 0 Å². The monoisotopic (exact) mass is 233 g/mol. The van der Waals surface area contributed by atoms with E-state index in [1.165, 1.54) is 19.3 Å². The molecule has 3 atom stereocenters. The van der Waals surface area contributed by atoms with Crippen LogP contribution in [0, 0.1) is 0 Å². The first-order valence-electron chi connectivity index (χ1n) is 5.54. The zero-order valence-corrected chi connectivity index (χ0v) is 9.90. The predicted molar refractivity (Wildman–Crippen MR) is 62.0 cm³/mol. The summed E-state index contributed by atoms with van der Waals surface area (Å²) in [4.78, 5) is 11.3. The molecule has 4 nitrogen and oxygen atoms in total. The molecular weight excluding hydrogens is 214 g/mol. The van der Waals surface area contributed by atoms with Crippen LogP contribution in [0.2, 0.25) is 0 Å². The molecule has 2 fully saturated rings. The number of amides is 1. The molecule has 0 aromatic carbocycles. The zero-order chi connectivity index (χ0) is 9.97. The summed E-state index contributed by atoms with van der Waals surface area (Å²) < 4.78 is 0. The summed E-state index contributed by atoms with van der Waals surface area (Å²) in [5.41, 5.74) is 0. The van der Waals surface area contributed by atoms with Crippen LogP contribution in [0.3, 0.4) is 0 Å². The van der Waals surface area contributed by atoms with Crippen molar-refractivity contribution in [2.45, 2.75) is 50.9 Å². The molecule has 88 valence electrons. The largest absolute Gasteiger partial charge is 0.341 e. The average molecular weight is 234 g/mol. The van der Waals surface area contributed by atoms with Crippen molar-refractivity contribution in [2.75, 3.05) is 6.54 Å². The van der Waals surface area contributed by atoms with Gasteiger partial charge in [-0.1, -0.05) is 6.42 Å². The average Bonchev–Trinajstić information content (AvgIpc) is 2.18. The summed E-state index contributed by atoms with van der Waals surface area (Å²) >= 11 is 0. The third-order valence-electron chi connectivity index (χ3n) is 3.08. The van der Waals surface area contributed by atoms with Gasteiger partial charge < -0.3 is 10.6 Å². The first-order valence-corrected chi connectivity index (χ1v) is 5.54. The lowest BCUT2D eigenvalue weighted by Gasteiger charge is -2.37. The molecule has 0 aromatic heterocycles. The van der Waals surface area contributed by atoms with Crippen LogP contribution in [0.15, 0.2) is 0 Å². The Hall–Kier alpha value is -0.320. The summed E-state index contributed by atoms with van der Waals surface area (Å²) in [5.74, 6) is 0.175. The van der Waals surface area contributed by atoms with Gasteiger partial charge in [-0.15, -0.1) is 12.4 Å². The topological polar surface area (TPSA) is 53.2 Å². The lowest BCUT2D eigenvalue weighted by atomic mass is 9.94. The standard InChI is InChI=1S/C10H19N3O.ClH/c1-7-12-9(6-10(14)13-7)8-4-2-3-5-11-8;/h7-9,11-12H,2-6H2,1H3,(H,13,14);1H. The summed E-state index contributed by atoms with van der Waals surface area (Å²) in [5, 5.41) is 9.78. The fraction of sp³-hybridized carbons (Fsp3) is 0.900. The highest BCUT2D eigenvalue weighted by Crippen LogP contribution is 2.14. The van der Waals surface area contributed by atoms with Crippen molar-refractivity contribution in [3.63, 3.8) is 0 Å². The van der Waals surface area contributed by atoms with Crippen LogP contribution in [-0.2, 0) is 4.79 Å². The number of carbonyl (C=O) groups is 1. The summed E-state index contributed by atoms with van der Waals surface area (Å²) in [6, 6.07) is 0.802. The molecule has 0 radical (unpaired) electrons. The van der Waals surface area contributed by atoms with Crippen molar-refractivity contribution in [3.8, 4) is 0 Å². The van der Waals surface area contributed by atoms with Crippen LogP contribution < -0.4 is 16.0 Å². The fourth-order valence-electron chi connectivity index (χ4n) is 2.40. The van der Waals surface area contributed by atoms with Crippen LogP contribution in [0.25, 0.3) is 0 Å². The normalized spacial score (nSPS) is 36.6. The summed E-state index contributed by atoms with van der Waals surface area (Å²) in [7, 11) is 0. The maximum atomic E-state index is 11.3. The number of piperidine rings is 1. The van der Waals surface area contributed by atoms with E-state index in [-0.39, 0.29) is 24.5 Å². The molecule has 0 saturated carbocycles. The first kappa shape index (κ1) is 12.7. The van der Waals surface area contributed by atoms with E-state index >= 15 is 0 Å². The number of halogens is 1. The Bertz CT molecular complexity index is 219. The van der Waals surface area contributed by atoms with E-state index in [1.807, 2.05) is 6.92 Å². The van der Waals surface area contributed by atoms with Gasteiger partial charge in [0.2, 0.25) is 5.91 Å². The Kier molecular flexibility index (Phi) is 4.83. The molecule has 2 rings (SSSR count). The van der Waals surface area contributed by atoms with Crippen molar-refractivity contribution in [1.82, 2.24) is 16.0 Å². The summed E-state index contributed by atoms with van der Waals surface area (Å²) in [6.45, 7) is 3.09. The van der Waals surface area contributed by atoms with Crippen LogP contribution in [-0.4, -0.2) is 30.7 Å². The van der Waals surface area contributed by atoms with Crippen LogP contribution >= 0.6 is 12.4 Å². The minimum absolute atomic E-state index is 0. The molecule has 5 heteroatoms. The minimum atomic E-state index is 0. The molecule has 0 aromatic rings. The highest BCUT2D eigenvalue weighted by molar-refractivity contribution is 5.85. The number of carbonyl (C=O) groups excluding carboxylic acids is 1. The SMILES string of the molecule is CC1NC(=O)CC(C2CCCCN2)N1.Cl. The highest BCUT2D eigenvalue weighted by Gasteiger charge is 2.30. The van der Waals surface area contributed by atoms with Gasteiger partial charge >= 0.3 is 0 Å². The molecule has 2 heterocycles. The van der Waals surface area contributed by atoms with Gasteiger partial charge in [0, 0.05) is 18.5 Å². The summed E-state index contributed by atoms with van der Waals surface area (Å²) in [6.07, 6.45) is 4.47. The van der Waals surface area contributed by atoms with Crippen LogP contribution in [0.4, 0.5) is 0 Å². The maximum Gasteiger partial charge on any atom is 0.222 e. The highest BCUT2D eigenvalue weighted by atomic mass is 35.5. The fourth-order valence-corrected chi connectivity index (χ4v) is 2.40. The number of hydrogen-bond acceptors (Lipinski definition) is 3. The van der Waals surface area contributed by atoms with Crippen molar-refractivity contribution in [1.29, 1.82) is 0 Å². The minimum Gasteiger partial charge on any atom is -0.341 e. The quantitative estimate of drug-likeness (QED) is 0.614. The Morgan fingerprint density at radius 2 is 2.07 bits per heavy atom. The molecule has 15 heavy (non-hydrogen) atoms. The molecule has 2 saturated heterocycles. The van der Waals surface area contributed by atoms with Crippen molar-refractivity contribution < 1.29 is 4.79 Å². The Morgan fingerprint density at radius 3 is 2.67 bits per heavy atom. The zero-order valence-electron chi connectivity index (χ0n) is 9.08. The Balaban J connectivity index is 0.00000112. The van der Waals surface area contributed by atoms with Crippen molar-refractivity contribution >= 4 is 18.3 Å². The van der Waals surface area contributed by atoms with Crippen molar-refractivity contribution in [3.05, 3.63) is 0 Å². The van der Waals surface area contributed by atoms with E-state index in [0.717, 1.165) is 6.54 Å². The van der Waals surface area contributed by atoms with Crippen LogP contribution in [0.5, 0.6) is 0 Å². The molecule has 0 spiro atoms. The van der Waals surface area contributed by atoms with Gasteiger partial charge in [0.25, 0.3) is 0 Å². The lowest BCUT2D eigenvalue weighted by molar-refractivity contribution is -0.124. The smallest absolute Gasteiger partial charge is 0.222 e. The Morgan fingerprint density at radius 1 is 1.27 bits per heavy atom. The van der Waals surface area contributed by atoms with E-state index in [1.54, 1.807) is 0 Å². The third kappa shape index (κ3) is 3.33. The molecule has 3 unspecified atom stereocenters. The van der Waals surface area contributed by atoms with Gasteiger partial charge in [-0.05, 0) is 26.3 Å². The third-order valence-corrected chi connectivity index (χ3v) is 3.08. The molecule has 1 amide bonds. The molecule has 2 aliphatic heterocycles. The second-order valence-electron chi connectivity index (χ2n) is 4.32. The number of rotatable bonds is 1. The van der Waals surface area contributed by atoms with E-state index in [9.17, 15) is 4.79 Å². The predicted octanol–water partition coefficient (Wildman–Crippen LogP) is 0.374. The second-order valence-corrected chi connectivity index (χ2v) is 4.32. The Labute approximate surface area is 97.0 Å². The lowest BCUT2D eigenvalue weighted by Crippen LogP contribution is -2.61. The van der Waals surface area contributed by atoms with Gasteiger partial charge in [0.15, 0.2) is 0 Å². The van der Waals surface area contributed by atoms with Gasteiger partial charge in [-0.2, -0.15) is 0 Å². The molecule has 2 aliphatic rings. The second kappa shape index (κ2) is 5.68. The van der Waals surface area contributed by atoms with Gasteiger partial charge in [0.05, 0.1) is 6.17 Å². The first-order chi connectivity index (χ1) is 6.75. The molecule has 0 bridgehead atoms. The maximum absolute atomic E-state index is 11.3. The van der Waals surface area contributed by atoms with E-state index < -0.39 is 0 Å². The molecule has 3 N–H and O–H groups in total. The molecule has 0 aliphatic carbocycles. The van der Waals surface area contributed by atoms with Gasteiger partial charge in [0.1, 0.15) is 0 Å². The number of nitrogens with one attached hydrogen (secondary N) is 3. The van der Waals surface area contributed by atoms with E-state index in [2.05, 4.69) is 16.0 Å². The molecular formula is C10H20ClN3O. The van der Waals surface area contributed by atoms with E-state index in [4.69, 9.17) is 0 Å². The van der Waals surface area contributed by atoms with Gasteiger partial charge in [-0.3, -0.25) is 10.1 Å². The number of hydrogen-bond donors (Lipinski definition) is 3. The van der Waals surface area contributed by atoms with Gasteiger partial charge in [-0.25, -0.2) is 0 Å². The van der Waals surface area contributed by atoms with E-state index in [0.29, 0.717) is 18.5 Å².